The van der Waals surface area contributed by atoms with Gasteiger partial charge in [0.2, 0.25) is 11.2 Å². The molecule has 0 aliphatic carbocycles. The van der Waals surface area contributed by atoms with E-state index in [1.54, 1.807) is 67.6 Å². The van der Waals surface area contributed by atoms with Crippen LogP contribution in [0.1, 0.15) is 12.5 Å². The molecular weight excluding hydrogens is 537 g/mol. The van der Waals surface area contributed by atoms with Gasteiger partial charge in [-0.2, -0.15) is 0 Å². The summed E-state index contributed by atoms with van der Waals surface area (Å²) in [5.41, 5.74) is 1.79. The van der Waals surface area contributed by atoms with Crippen LogP contribution in [0, 0.1) is 6.92 Å². The summed E-state index contributed by atoms with van der Waals surface area (Å²) in [6.07, 6.45) is -1.03. The smallest absolute Gasteiger partial charge is 0.265 e. The van der Waals surface area contributed by atoms with Gasteiger partial charge in [0.1, 0.15) is 17.1 Å². The van der Waals surface area contributed by atoms with Crippen LogP contribution in [0.4, 0.5) is 5.69 Å². The van der Waals surface area contributed by atoms with Crippen LogP contribution >= 0.6 is 23.2 Å². The van der Waals surface area contributed by atoms with Crippen molar-refractivity contribution < 1.29 is 18.7 Å². The average Bonchev–Trinajstić information content (AvgIpc) is 2.93. The summed E-state index contributed by atoms with van der Waals surface area (Å²) in [7, 11) is 0. The van der Waals surface area contributed by atoms with Gasteiger partial charge in [-0.25, -0.2) is 0 Å². The number of benzene rings is 4. The minimum Gasteiger partial charge on any atom is -0.473 e. The molecule has 0 saturated heterocycles. The molecule has 0 radical (unpaired) electrons. The van der Waals surface area contributed by atoms with Crippen LogP contribution in [0.15, 0.2) is 100 Å². The Morgan fingerprint density at radius 3 is 2.26 bits per heavy atom. The molecule has 6 nitrogen and oxygen atoms in total. The maximum Gasteiger partial charge on any atom is 0.265 e. The highest BCUT2D eigenvalue weighted by Gasteiger charge is 2.24. The van der Waals surface area contributed by atoms with E-state index in [-0.39, 0.29) is 16.9 Å². The number of nitrogens with one attached hydrogen (secondary N) is 1. The molecule has 1 heterocycles. The van der Waals surface area contributed by atoms with Crippen molar-refractivity contribution in [3.63, 3.8) is 0 Å². The number of aryl methyl sites for hydroxylation is 1. The molecule has 196 valence electrons. The Kier molecular flexibility index (Phi) is 7.59. The minimum absolute atomic E-state index is 0.0981. The highest BCUT2D eigenvalue weighted by molar-refractivity contribution is 6.32. The maximum atomic E-state index is 13.5. The van der Waals surface area contributed by atoms with Crippen molar-refractivity contribution in [3.8, 4) is 28.6 Å². The fourth-order valence-corrected chi connectivity index (χ4v) is 4.19. The molecule has 0 fully saturated rings. The summed E-state index contributed by atoms with van der Waals surface area (Å²) in [5.74, 6) is 0.972. The topological polar surface area (TPSA) is 77.8 Å². The Morgan fingerprint density at radius 2 is 1.56 bits per heavy atom. The number of para-hydroxylation sites is 1. The third kappa shape index (κ3) is 5.93. The lowest BCUT2D eigenvalue weighted by atomic mass is 10.1. The number of anilines is 1. The molecule has 1 aromatic heterocycles. The Morgan fingerprint density at radius 1 is 0.897 bits per heavy atom. The zero-order valence-corrected chi connectivity index (χ0v) is 22.5. The van der Waals surface area contributed by atoms with Crippen molar-refractivity contribution in [2.45, 2.75) is 20.0 Å². The standard InChI is InChI=1S/C31H23Cl2NO5/c1-18-16-27-25(17-26(18)33)28(35)30(29(39-27)20-8-10-21(32)11-9-20)37-19(2)31(36)34-22-12-14-24(15-13-22)38-23-6-4-3-5-7-23/h3-17,19H,1-2H3,(H,34,36). The largest absolute Gasteiger partial charge is 0.473 e. The number of amides is 1. The molecule has 0 aliphatic heterocycles. The number of fused-ring (bicyclic) bond motifs is 1. The fraction of sp³-hybridized carbons (Fsp3) is 0.0968. The SMILES string of the molecule is Cc1cc2oc(-c3ccc(Cl)cc3)c(OC(C)C(=O)Nc3ccc(Oc4ccccc4)cc3)c(=O)c2cc1Cl. The molecule has 0 spiro atoms. The Labute approximate surface area is 234 Å². The van der Waals surface area contributed by atoms with E-state index in [1.807, 2.05) is 37.3 Å². The molecule has 1 N–H and O–H groups in total. The molecule has 0 aliphatic rings. The number of hydrogen-bond acceptors (Lipinski definition) is 5. The molecule has 0 bridgehead atoms. The first-order valence-electron chi connectivity index (χ1n) is 12.1. The third-order valence-corrected chi connectivity index (χ3v) is 6.66. The first-order valence-corrected chi connectivity index (χ1v) is 12.9. The van der Waals surface area contributed by atoms with Crippen molar-refractivity contribution >= 4 is 45.8 Å². The fourth-order valence-electron chi connectivity index (χ4n) is 3.90. The van der Waals surface area contributed by atoms with Gasteiger partial charge >= 0.3 is 0 Å². The van der Waals surface area contributed by atoms with Gasteiger partial charge in [-0.1, -0.05) is 41.4 Å². The van der Waals surface area contributed by atoms with Gasteiger partial charge in [-0.15, -0.1) is 0 Å². The van der Waals surface area contributed by atoms with Gasteiger partial charge in [-0.05, 0) is 92.2 Å². The van der Waals surface area contributed by atoms with E-state index in [0.29, 0.717) is 38.4 Å². The van der Waals surface area contributed by atoms with Crippen molar-refractivity contribution in [1.82, 2.24) is 0 Å². The number of ether oxygens (including phenoxy) is 2. The van der Waals surface area contributed by atoms with Crippen molar-refractivity contribution in [2.75, 3.05) is 5.32 Å². The quantitative estimate of drug-likeness (QED) is 0.217. The highest BCUT2D eigenvalue weighted by Crippen LogP contribution is 2.34. The Hall–Kier alpha value is -4.26. The summed E-state index contributed by atoms with van der Waals surface area (Å²) in [6.45, 7) is 3.38. The molecule has 1 atom stereocenters. The van der Waals surface area contributed by atoms with E-state index in [9.17, 15) is 9.59 Å². The summed E-state index contributed by atoms with van der Waals surface area (Å²) >= 11 is 12.3. The van der Waals surface area contributed by atoms with E-state index in [2.05, 4.69) is 5.32 Å². The first-order chi connectivity index (χ1) is 18.8. The van der Waals surface area contributed by atoms with Crippen molar-refractivity contribution in [2.24, 2.45) is 0 Å². The molecule has 5 rings (SSSR count). The monoisotopic (exact) mass is 559 g/mol. The third-order valence-electron chi connectivity index (χ3n) is 6.00. The second-order valence-electron chi connectivity index (χ2n) is 8.88. The molecular formula is C31H23Cl2NO5. The molecule has 4 aromatic carbocycles. The number of carbonyl (C=O) groups excluding carboxylic acids is 1. The summed E-state index contributed by atoms with van der Waals surface area (Å²) in [5, 5.41) is 4.00. The molecule has 5 aromatic rings. The molecule has 0 saturated carbocycles. The van der Waals surface area contributed by atoms with E-state index in [1.165, 1.54) is 0 Å². The van der Waals surface area contributed by atoms with Crippen LogP contribution in [-0.2, 0) is 4.79 Å². The van der Waals surface area contributed by atoms with E-state index in [4.69, 9.17) is 37.1 Å². The van der Waals surface area contributed by atoms with Gasteiger partial charge in [0.05, 0.1) is 5.39 Å². The van der Waals surface area contributed by atoms with Gasteiger partial charge in [0.15, 0.2) is 11.9 Å². The molecule has 1 amide bonds. The minimum atomic E-state index is -1.03. The molecule has 1 unspecified atom stereocenters. The lowest BCUT2D eigenvalue weighted by Crippen LogP contribution is -2.31. The van der Waals surface area contributed by atoms with Crippen molar-refractivity contribution in [1.29, 1.82) is 0 Å². The normalized spacial score (nSPS) is 11.7. The van der Waals surface area contributed by atoms with Crippen LogP contribution in [0.5, 0.6) is 17.2 Å². The van der Waals surface area contributed by atoms with Crippen LogP contribution in [-0.4, -0.2) is 12.0 Å². The van der Waals surface area contributed by atoms with Crippen molar-refractivity contribution in [3.05, 3.63) is 117 Å². The van der Waals surface area contributed by atoms with Crippen LogP contribution in [0.25, 0.3) is 22.3 Å². The van der Waals surface area contributed by atoms with E-state index < -0.39 is 17.4 Å². The number of rotatable bonds is 7. The van der Waals surface area contributed by atoms with Gasteiger partial charge in [0, 0.05) is 21.3 Å². The Balaban J connectivity index is 1.40. The van der Waals surface area contributed by atoms with Gasteiger partial charge < -0.3 is 19.2 Å². The number of hydrogen-bond donors (Lipinski definition) is 1. The zero-order chi connectivity index (χ0) is 27.5. The summed E-state index contributed by atoms with van der Waals surface area (Å²) in [4.78, 5) is 26.6. The Bertz CT molecular complexity index is 1700. The zero-order valence-electron chi connectivity index (χ0n) is 21.0. The highest BCUT2D eigenvalue weighted by atomic mass is 35.5. The van der Waals surface area contributed by atoms with Crippen LogP contribution < -0.4 is 20.2 Å². The summed E-state index contributed by atoms with van der Waals surface area (Å²) in [6, 6.07) is 26.3. The lowest BCUT2D eigenvalue weighted by Gasteiger charge is -2.17. The second-order valence-corrected chi connectivity index (χ2v) is 9.73. The van der Waals surface area contributed by atoms with E-state index >= 15 is 0 Å². The predicted octanol–water partition coefficient (Wildman–Crippen LogP) is 8.27. The lowest BCUT2D eigenvalue weighted by molar-refractivity contribution is -0.122. The van der Waals surface area contributed by atoms with Crippen LogP contribution in [0.3, 0.4) is 0 Å². The second kappa shape index (κ2) is 11.2. The van der Waals surface area contributed by atoms with E-state index in [0.717, 1.165) is 5.56 Å². The molecule has 39 heavy (non-hydrogen) atoms. The number of halogens is 2. The average molecular weight is 560 g/mol. The maximum absolute atomic E-state index is 13.5. The molecule has 8 heteroatoms. The summed E-state index contributed by atoms with van der Waals surface area (Å²) < 4.78 is 17.9. The first kappa shape index (κ1) is 26.4. The van der Waals surface area contributed by atoms with Crippen LogP contribution in [0.2, 0.25) is 10.0 Å². The number of carbonyl (C=O) groups is 1. The van der Waals surface area contributed by atoms with Gasteiger partial charge in [0.25, 0.3) is 5.91 Å². The van der Waals surface area contributed by atoms with Gasteiger partial charge in [-0.3, -0.25) is 9.59 Å². The predicted molar refractivity (Wildman–Crippen MR) is 154 cm³/mol.